The van der Waals surface area contributed by atoms with E-state index in [1.807, 2.05) is 18.2 Å². The number of hydrogen-bond acceptors (Lipinski definition) is 0. The van der Waals surface area contributed by atoms with E-state index in [1.165, 1.54) is 16.7 Å². The van der Waals surface area contributed by atoms with Crippen molar-refractivity contribution in [2.45, 2.75) is 5.33 Å². The minimum atomic E-state index is 0.912. The third kappa shape index (κ3) is 3.07. The molecule has 0 heterocycles. The molecule has 80 valence electrons. The van der Waals surface area contributed by atoms with Crippen LogP contribution in [0.25, 0.3) is 12.2 Å². The first-order valence-electron chi connectivity index (χ1n) is 5.26. The normalized spacial score (nSPS) is 10.8. The average molecular weight is 273 g/mol. The number of halogens is 1. The van der Waals surface area contributed by atoms with Gasteiger partial charge in [-0.25, -0.2) is 0 Å². The zero-order valence-electron chi connectivity index (χ0n) is 8.94. The number of benzene rings is 2. The van der Waals surface area contributed by atoms with Gasteiger partial charge in [0.1, 0.15) is 0 Å². The van der Waals surface area contributed by atoms with Crippen LogP contribution in [-0.2, 0) is 5.33 Å². The standard InChI is InChI=1S/C15H13Br/c16-12-15-10-8-14(9-11-15)7-6-13-4-2-1-3-5-13/h1-11H,12H2. The molecule has 0 aromatic heterocycles. The monoisotopic (exact) mass is 272 g/mol. The molecule has 0 atom stereocenters. The number of rotatable bonds is 3. The lowest BCUT2D eigenvalue weighted by molar-refractivity contribution is 1.43. The quantitative estimate of drug-likeness (QED) is 0.559. The van der Waals surface area contributed by atoms with E-state index in [9.17, 15) is 0 Å². The fourth-order valence-electron chi connectivity index (χ4n) is 1.47. The van der Waals surface area contributed by atoms with Gasteiger partial charge in [-0.05, 0) is 16.7 Å². The van der Waals surface area contributed by atoms with Gasteiger partial charge in [0.25, 0.3) is 0 Å². The first kappa shape index (κ1) is 11.2. The van der Waals surface area contributed by atoms with Crippen molar-refractivity contribution < 1.29 is 0 Å². The molecule has 0 saturated carbocycles. The molecule has 2 aromatic carbocycles. The minimum absolute atomic E-state index is 0.912. The molecular formula is C15H13Br. The van der Waals surface area contributed by atoms with E-state index in [-0.39, 0.29) is 0 Å². The minimum Gasteiger partial charge on any atom is -0.0876 e. The van der Waals surface area contributed by atoms with Crippen LogP contribution < -0.4 is 0 Å². The summed E-state index contributed by atoms with van der Waals surface area (Å²) in [5.41, 5.74) is 3.76. The molecule has 2 aromatic rings. The van der Waals surface area contributed by atoms with Crippen LogP contribution in [-0.4, -0.2) is 0 Å². The van der Waals surface area contributed by atoms with Gasteiger partial charge in [-0.15, -0.1) is 0 Å². The Labute approximate surface area is 105 Å². The maximum absolute atomic E-state index is 3.44. The van der Waals surface area contributed by atoms with Gasteiger partial charge >= 0.3 is 0 Å². The predicted octanol–water partition coefficient (Wildman–Crippen LogP) is 4.75. The molecular weight excluding hydrogens is 260 g/mol. The lowest BCUT2D eigenvalue weighted by Crippen LogP contribution is -1.77. The van der Waals surface area contributed by atoms with Crippen molar-refractivity contribution in [2.24, 2.45) is 0 Å². The maximum Gasteiger partial charge on any atom is 0.0283 e. The third-order valence-electron chi connectivity index (χ3n) is 2.40. The Hall–Kier alpha value is -1.34. The highest BCUT2D eigenvalue weighted by atomic mass is 79.9. The van der Waals surface area contributed by atoms with Crippen LogP contribution >= 0.6 is 15.9 Å². The molecule has 0 spiro atoms. The third-order valence-corrected chi connectivity index (χ3v) is 3.05. The topological polar surface area (TPSA) is 0 Å². The summed E-state index contributed by atoms with van der Waals surface area (Å²) in [5.74, 6) is 0. The molecule has 16 heavy (non-hydrogen) atoms. The van der Waals surface area contributed by atoms with E-state index in [1.54, 1.807) is 0 Å². The van der Waals surface area contributed by atoms with Crippen LogP contribution in [0.5, 0.6) is 0 Å². The highest BCUT2D eigenvalue weighted by Crippen LogP contribution is 2.11. The highest BCUT2D eigenvalue weighted by molar-refractivity contribution is 9.08. The van der Waals surface area contributed by atoms with E-state index >= 15 is 0 Å². The Kier molecular flexibility index (Phi) is 3.95. The van der Waals surface area contributed by atoms with Gasteiger partial charge < -0.3 is 0 Å². The van der Waals surface area contributed by atoms with E-state index in [2.05, 4.69) is 64.5 Å². The molecule has 0 bridgehead atoms. The summed E-state index contributed by atoms with van der Waals surface area (Å²) >= 11 is 3.44. The molecule has 0 aliphatic carbocycles. The first-order chi connectivity index (χ1) is 7.88. The van der Waals surface area contributed by atoms with Gasteiger partial charge in [0.2, 0.25) is 0 Å². The predicted molar refractivity (Wildman–Crippen MR) is 74.4 cm³/mol. The summed E-state index contributed by atoms with van der Waals surface area (Å²) in [6, 6.07) is 18.9. The van der Waals surface area contributed by atoms with Crippen molar-refractivity contribution >= 4 is 28.1 Å². The van der Waals surface area contributed by atoms with Crippen molar-refractivity contribution in [1.82, 2.24) is 0 Å². The Bertz CT molecular complexity index is 455. The molecule has 2 rings (SSSR count). The number of alkyl halides is 1. The SMILES string of the molecule is BrCc1ccc(C=Cc2ccccc2)cc1. The second kappa shape index (κ2) is 5.66. The van der Waals surface area contributed by atoms with Crippen LogP contribution in [0.4, 0.5) is 0 Å². The van der Waals surface area contributed by atoms with Gasteiger partial charge in [-0.2, -0.15) is 0 Å². The molecule has 0 radical (unpaired) electrons. The zero-order valence-corrected chi connectivity index (χ0v) is 10.5. The van der Waals surface area contributed by atoms with Crippen molar-refractivity contribution in [3.63, 3.8) is 0 Å². The largest absolute Gasteiger partial charge is 0.0876 e. The van der Waals surface area contributed by atoms with E-state index in [4.69, 9.17) is 0 Å². The molecule has 0 nitrogen and oxygen atoms in total. The zero-order chi connectivity index (χ0) is 11.2. The first-order valence-corrected chi connectivity index (χ1v) is 6.39. The van der Waals surface area contributed by atoms with Crippen molar-refractivity contribution in [3.8, 4) is 0 Å². The van der Waals surface area contributed by atoms with Gasteiger partial charge in [-0.1, -0.05) is 82.7 Å². The summed E-state index contributed by atoms with van der Waals surface area (Å²) in [6.45, 7) is 0. The van der Waals surface area contributed by atoms with Crippen LogP contribution in [0.1, 0.15) is 16.7 Å². The average Bonchev–Trinajstić information content (AvgIpc) is 2.38. The molecule has 0 amide bonds. The van der Waals surface area contributed by atoms with E-state index in [0.29, 0.717) is 0 Å². The van der Waals surface area contributed by atoms with E-state index < -0.39 is 0 Å². The molecule has 0 N–H and O–H groups in total. The fraction of sp³-hybridized carbons (Fsp3) is 0.0667. The summed E-state index contributed by atoms with van der Waals surface area (Å²) in [7, 11) is 0. The summed E-state index contributed by atoms with van der Waals surface area (Å²) < 4.78 is 0. The van der Waals surface area contributed by atoms with Crippen molar-refractivity contribution in [2.75, 3.05) is 0 Å². The maximum atomic E-state index is 3.44. The number of hydrogen-bond donors (Lipinski definition) is 0. The van der Waals surface area contributed by atoms with Crippen LogP contribution in [0.15, 0.2) is 54.6 Å². The van der Waals surface area contributed by atoms with Crippen LogP contribution in [0.3, 0.4) is 0 Å². The highest BCUT2D eigenvalue weighted by Gasteiger charge is 1.90. The Morgan fingerprint density at radius 3 is 1.88 bits per heavy atom. The fourth-order valence-corrected chi connectivity index (χ4v) is 1.85. The summed E-state index contributed by atoms with van der Waals surface area (Å²) in [6.07, 6.45) is 4.26. The van der Waals surface area contributed by atoms with Crippen molar-refractivity contribution in [1.29, 1.82) is 0 Å². The Morgan fingerprint density at radius 2 is 1.31 bits per heavy atom. The lowest BCUT2D eigenvalue weighted by Gasteiger charge is -1.97. The molecule has 1 heteroatoms. The van der Waals surface area contributed by atoms with Crippen LogP contribution in [0, 0.1) is 0 Å². The van der Waals surface area contributed by atoms with Crippen molar-refractivity contribution in [3.05, 3.63) is 71.3 Å². The second-order valence-electron chi connectivity index (χ2n) is 3.62. The van der Waals surface area contributed by atoms with Gasteiger partial charge in [-0.3, -0.25) is 0 Å². The Balaban J connectivity index is 2.12. The van der Waals surface area contributed by atoms with Crippen LogP contribution in [0.2, 0.25) is 0 Å². The molecule has 0 aliphatic rings. The molecule has 0 unspecified atom stereocenters. The molecule has 0 fully saturated rings. The Morgan fingerprint density at radius 1 is 0.750 bits per heavy atom. The smallest absolute Gasteiger partial charge is 0.0283 e. The van der Waals surface area contributed by atoms with E-state index in [0.717, 1.165) is 5.33 Å². The summed E-state index contributed by atoms with van der Waals surface area (Å²) in [4.78, 5) is 0. The van der Waals surface area contributed by atoms with Gasteiger partial charge in [0.05, 0.1) is 0 Å². The van der Waals surface area contributed by atoms with Gasteiger partial charge in [0, 0.05) is 5.33 Å². The second-order valence-corrected chi connectivity index (χ2v) is 4.18. The molecule has 0 saturated heterocycles. The lowest BCUT2D eigenvalue weighted by atomic mass is 10.1. The molecule has 0 aliphatic heterocycles. The van der Waals surface area contributed by atoms with Gasteiger partial charge in [0.15, 0.2) is 0 Å². The summed E-state index contributed by atoms with van der Waals surface area (Å²) in [5, 5.41) is 0.912.